The number of rotatable bonds is 6. The molecule has 0 aromatic rings. The maximum Gasteiger partial charge on any atom is 0.326 e. The van der Waals surface area contributed by atoms with E-state index in [4.69, 9.17) is 10.8 Å². The Morgan fingerprint density at radius 3 is 2.29 bits per heavy atom. The van der Waals surface area contributed by atoms with Crippen LogP contribution in [0.1, 0.15) is 51.4 Å². The number of amides is 3. The first kappa shape index (κ1) is 17.3. The molecular weight excluding hydrogens is 274 g/mol. The predicted octanol–water partition coefficient (Wildman–Crippen LogP) is 1.07. The molecule has 1 atom stereocenters. The van der Waals surface area contributed by atoms with E-state index in [0.29, 0.717) is 0 Å². The summed E-state index contributed by atoms with van der Waals surface area (Å²) in [7, 11) is 1.69. The number of nitrogens with two attached hydrogens (primary N) is 1. The number of carbonyl (C=O) groups is 3. The van der Waals surface area contributed by atoms with E-state index in [0.717, 1.165) is 25.7 Å². The molecule has 1 aliphatic rings. The van der Waals surface area contributed by atoms with Gasteiger partial charge in [-0.05, 0) is 19.3 Å². The molecule has 1 aliphatic carbocycles. The zero-order valence-electron chi connectivity index (χ0n) is 12.5. The van der Waals surface area contributed by atoms with Crippen molar-refractivity contribution >= 4 is 17.9 Å². The van der Waals surface area contributed by atoms with E-state index < -0.39 is 23.9 Å². The third-order valence-corrected chi connectivity index (χ3v) is 3.97. The summed E-state index contributed by atoms with van der Waals surface area (Å²) in [6.45, 7) is 0. The summed E-state index contributed by atoms with van der Waals surface area (Å²) in [6, 6.07) is -1.34. The van der Waals surface area contributed by atoms with Crippen LogP contribution in [-0.2, 0) is 9.59 Å². The number of hydrogen-bond acceptors (Lipinski definition) is 3. The number of carboxylic acids is 1. The van der Waals surface area contributed by atoms with Gasteiger partial charge >= 0.3 is 12.0 Å². The number of urea groups is 1. The summed E-state index contributed by atoms with van der Waals surface area (Å²) in [5, 5.41) is 11.6. The van der Waals surface area contributed by atoms with Gasteiger partial charge in [0.05, 0.1) is 0 Å². The minimum absolute atomic E-state index is 0.00884. The van der Waals surface area contributed by atoms with E-state index in [1.807, 2.05) is 0 Å². The Bertz CT molecular complexity index is 378. The Hall–Kier alpha value is -1.79. The quantitative estimate of drug-likeness (QED) is 0.637. The molecule has 3 amide bonds. The van der Waals surface area contributed by atoms with Gasteiger partial charge in [0.1, 0.15) is 6.04 Å². The topological polar surface area (TPSA) is 113 Å². The van der Waals surface area contributed by atoms with Gasteiger partial charge in [-0.15, -0.1) is 0 Å². The first-order valence-corrected chi connectivity index (χ1v) is 7.46. The molecule has 7 heteroatoms. The van der Waals surface area contributed by atoms with Crippen LogP contribution in [0.15, 0.2) is 0 Å². The lowest BCUT2D eigenvalue weighted by Crippen LogP contribution is -2.49. The van der Waals surface area contributed by atoms with Gasteiger partial charge in [0.2, 0.25) is 5.91 Å². The fourth-order valence-corrected chi connectivity index (χ4v) is 2.61. The molecule has 1 unspecified atom stereocenters. The van der Waals surface area contributed by atoms with Gasteiger partial charge in [-0.25, -0.2) is 9.59 Å². The molecular formula is C14H25N3O4. The summed E-state index contributed by atoms with van der Waals surface area (Å²) < 4.78 is 0. The van der Waals surface area contributed by atoms with Crippen molar-refractivity contribution in [1.29, 1.82) is 0 Å². The van der Waals surface area contributed by atoms with Crippen LogP contribution in [0, 0.1) is 0 Å². The highest BCUT2D eigenvalue weighted by molar-refractivity contribution is 5.83. The summed E-state index contributed by atoms with van der Waals surface area (Å²) in [5.41, 5.74) is 5.01. The molecule has 4 N–H and O–H groups in total. The average molecular weight is 299 g/mol. The van der Waals surface area contributed by atoms with Crippen LogP contribution in [0.25, 0.3) is 0 Å². The molecule has 0 aromatic heterocycles. The number of hydrogen-bond donors (Lipinski definition) is 3. The summed E-state index contributed by atoms with van der Waals surface area (Å²) >= 11 is 0. The Morgan fingerprint density at radius 2 is 1.81 bits per heavy atom. The number of carbonyl (C=O) groups excluding carboxylic acids is 2. The van der Waals surface area contributed by atoms with Crippen molar-refractivity contribution < 1.29 is 19.5 Å². The number of nitrogens with one attached hydrogen (secondary N) is 1. The molecule has 0 bridgehead atoms. The zero-order chi connectivity index (χ0) is 15.8. The van der Waals surface area contributed by atoms with Gasteiger partial charge in [-0.3, -0.25) is 4.79 Å². The van der Waals surface area contributed by atoms with Crippen molar-refractivity contribution in [3.05, 3.63) is 0 Å². The van der Waals surface area contributed by atoms with Gasteiger partial charge in [0, 0.05) is 19.5 Å². The molecule has 0 spiro atoms. The fourth-order valence-electron chi connectivity index (χ4n) is 2.61. The zero-order valence-corrected chi connectivity index (χ0v) is 12.5. The molecule has 0 aliphatic heterocycles. The van der Waals surface area contributed by atoms with E-state index >= 15 is 0 Å². The summed E-state index contributed by atoms with van der Waals surface area (Å²) in [6.07, 6.45) is 6.38. The van der Waals surface area contributed by atoms with Crippen LogP contribution in [0.4, 0.5) is 4.79 Å². The van der Waals surface area contributed by atoms with Crippen molar-refractivity contribution in [3.8, 4) is 0 Å². The molecule has 21 heavy (non-hydrogen) atoms. The average Bonchev–Trinajstić information content (AvgIpc) is 2.70. The summed E-state index contributed by atoms with van der Waals surface area (Å²) in [4.78, 5) is 35.6. The number of primary amides is 1. The minimum Gasteiger partial charge on any atom is -0.480 e. The lowest BCUT2D eigenvalue weighted by Gasteiger charge is -2.28. The monoisotopic (exact) mass is 299 g/mol. The van der Waals surface area contributed by atoms with Crippen LogP contribution in [0.5, 0.6) is 0 Å². The second kappa shape index (κ2) is 8.49. The fraction of sp³-hybridized carbons (Fsp3) is 0.786. The maximum absolute atomic E-state index is 12.1. The third kappa shape index (κ3) is 6.01. The summed E-state index contributed by atoms with van der Waals surface area (Å²) in [5.74, 6) is -1.73. The molecule has 0 saturated heterocycles. The van der Waals surface area contributed by atoms with Crippen LogP contribution < -0.4 is 11.1 Å². The van der Waals surface area contributed by atoms with Gasteiger partial charge in [0.25, 0.3) is 0 Å². The van der Waals surface area contributed by atoms with Crippen molar-refractivity contribution in [2.24, 2.45) is 5.73 Å². The van der Waals surface area contributed by atoms with Crippen LogP contribution >= 0.6 is 0 Å². The van der Waals surface area contributed by atoms with Crippen molar-refractivity contribution in [3.63, 3.8) is 0 Å². The maximum atomic E-state index is 12.1. The van der Waals surface area contributed by atoms with E-state index in [2.05, 4.69) is 5.32 Å². The Labute approximate surface area is 124 Å². The predicted molar refractivity (Wildman–Crippen MR) is 77.6 cm³/mol. The van der Waals surface area contributed by atoms with Crippen LogP contribution in [0.3, 0.4) is 0 Å². The molecule has 120 valence electrons. The minimum atomic E-state index is -1.15. The smallest absolute Gasteiger partial charge is 0.326 e. The Kier molecular flexibility index (Phi) is 6.98. The van der Waals surface area contributed by atoms with E-state index in [-0.39, 0.29) is 18.9 Å². The molecule has 1 saturated carbocycles. The number of aliphatic carboxylic acids is 1. The second-order valence-electron chi connectivity index (χ2n) is 5.60. The van der Waals surface area contributed by atoms with E-state index in [9.17, 15) is 14.4 Å². The molecule has 0 aromatic carbocycles. The van der Waals surface area contributed by atoms with Gasteiger partial charge < -0.3 is 21.1 Å². The molecule has 7 nitrogen and oxygen atoms in total. The van der Waals surface area contributed by atoms with Gasteiger partial charge in [0.15, 0.2) is 0 Å². The molecule has 0 heterocycles. The Balaban J connectivity index is 2.54. The standard InChI is InChI=1S/C14H25N3O4/c1-17(10-6-4-2-3-5-7-10)14(21)16-11(13(19)20)8-9-12(15)18/h10-11H,2-9H2,1H3,(H2,15,18)(H,16,21)(H,19,20). The lowest BCUT2D eigenvalue weighted by molar-refractivity contribution is -0.139. The molecule has 0 radical (unpaired) electrons. The highest BCUT2D eigenvalue weighted by Gasteiger charge is 2.26. The largest absolute Gasteiger partial charge is 0.480 e. The number of carboxylic acid groups (broad SMARTS) is 1. The van der Waals surface area contributed by atoms with E-state index in [1.165, 1.54) is 12.8 Å². The lowest BCUT2D eigenvalue weighted by atomic mass is 10.1. The third-order valence-electron chi connectivity index (χ3n) is 3.97. The van der Waals surface area contributed by atoms with Crippen LogP contribution in [0.2, 0.25) is 0 Å². The molecule has 1 rings (SSSR count). The normalized spacial score (nSPS) is 17.6. The second-order valence-corrected chi connectivity index (χ2v) is 5.60. The molecule has 1 fully saturated rings. The van der Waals surface area contributed by atoms with Crippen LogP contribution in [-0.4, -0.2) is 47.0 Å². The first-order chi connectivity index (χ1) is 9.91. The highest BCUT2D eigenvalue weighted by Crippen LogP contribution is 2.21. The van der Waals surface area contributed by atoms with Gasteiger partial charge in [-0.1, -0.05) is 25.7 Å². The Morgan fingerprint density at radius 1 is 1.24 bits per heavy atom. The van der Waals surface area contributed by atoms with Crippen molar-refractivity contribution in [2.75, 3.05) is 7.05 Å². The number of nitrogens with zero attached hydrogens (tertiary/aromatic N) is 1. The highest BCUT2D eigenvalue weighted by atomic mass is 16.4. The van der Waals surface area contributed by atoms with Gasteiger partial charge in [-0.2, -0.15) is 0 Å². The van der Waals surface area contributed by atoms with E-state index in [1.54, 1.807) is 11.9 Å². The SMILES string of the molecule is CN(C(=O)NC(CCC(N)=O)C(=O)O)C1CCCCCC1. The van der Waals surface area contributed by atoms with Crippen molar-refractivity contribution in [1.82, 2.24) is 10.2 Å². The first-order valence-electron chi connectivity index (χ1n) is 7.46. The van der Waals surface area contributed by atoms with Crippen molar-refractivity contribution in [2.45, 2.75) is 63.5 Å².